The molecule has 1 atom stereocenters. The zero-order chi connectivity index (χ0) is 13.5. The fourth-order valence-corrected chi connectivity index (χ4v) is 2.97. The number of hydrogen-bond acceptors (Lipinski definition) is 1. The highest BCUT2D eigenvalue weighted by Gasteiger charge is 2.22. The Balaban J connectivity index is 1.74. The molecule has 1 aliphatic rings. The van der Waals surface area contributed by atoms with Crippen LogP contribution in [0.2, 0.25) is 0 Å². The Kier molecular flexibility index (Phi) is 2.49. The summed E-state index contributed by atoms with van der Waals surface area (Å²) in [5.74, 6) is -0.176. The van der Waals surface area contributed by atoms with Crippen molar-refractivity contribution in [2.45, 2.75) is 12.5 Å². The van der Waals surface area contributed by atoms with E-state index in [0.29, 0.717) is 0 Å². The molecule has 0 fully saturated rings. The molecule has 2 heteroatoms. The predicted octanol–water partition coefficient (Wildman–Crippen LogP) is 4.69. The fourth-order valence-electron chi connectivity index (χ4n) is 2.97. The summed E-state index contributed by atoms with van der Waals surface area (Å²) in [5, 5.41) is 6.00. The smallest absolute Gasteiger partial charge is 0.123 e. The van der Waals surface area contributed by atoms with Gasteiger partial charge in [0.05, 0.1) is 6.04 Å². The van der Waals surface area contributed by atoms with Crippen LogP contribution in [0.4, 0.5) is 10.1 Å². The van der Waals surface area contributed by atoms with E-state index in [1.165, 1.54) is 22.4 Å². The van der Waals surface area contributed by atoms with Crippen molar-refractivity contribution in [2.24, 2.45) is 0 Å². The van der Waals surface area contributed by atoms with Gasteiger partial charge in [-0.15, -0.1) is 0 Å². The summed E-state index contributed by atoms with van der Waals surface area (Å²) in [6.45, 7) is 0. The van der Waals surface area contributed by atoms with Gasteiger partial charge in [0, 0.05) is 5.69 Å². The quantitative estimate of drug-likeness (QED) is 0.671. The molecule has 1 heterocycles. The highest BCUT2D eigenvalue weighted by Crippen LogP contribution is 2.36. The van der Waals surface area contributed by atoms with Gasteiger partial charge in [-0.3, -0.25) is 0 Å². The Morgan fingerprint density at radius 2 is 1.70 bits per heavy atom. The molecule has 1 N–H and O–H groups in total. The molecule has 1 nitrogen and oxygen atoms in total. The average molecular weight is 263 g/mol. The number of fused-ring (bicyclic) bond motifs is 2. The Hall–Kier alpha value is -2.35. The summed E-state index contributed by atoms with van der Waals surface area (Å²) in [4.78, 5) is 0. The van der Waals surface area contributed by atoms with Crippen molar-refractivity contribution in [3.05, 3.63) is 77.6 Å². The largest absolute Gasteiger partial charge is 0.378 e. The molecular weight excluding hydrogens is 249 g/mol. The second-order valence-electron chi connectivity index (χ2n) is 5.31. The highest BCUT2D eigenvalue weighted by molar-refractivity contribution is 5.88. The van der Waals surface area contributed by atoms with E-state index in [1.54, 1.807) is 12.1 Å². The predicted molar refractivity (Wildman–Crippen MR) is 80.4 cm³/mol. The minimum absolute atomic E-state index is 0.164. The van der Waals surface area contributed by atoms with E-state index in [4.69, 9.17) is 0 Å². The Bertz CT molecular complexity index is 750. The van der Waals surface area contributed by atoms with Gasteiger partial charge >= 0.3 is 0 Å². The second kappa shape index (κ2) is 4.34. The summed E-state index contributed by atoms with van der Waals surface area (Å²) in [6.07, 6.45) is 0.906. The fraction of sp³-hybridized carbons (Fsp3) is 0.111. The van der Waals surface area contributed by atoms with Crippen LogP contribution in [0.25, 0.3) is 10.8 Å². The lowest BCUT2D eigenvalue weighted by atomic mass is 10.0. The van der Waals surface area contributed by atoms with Gasteiger partial charge in [0.15, 0.2) is 0 Å². The summed E-state index contributed by atoms with van der Waals surface area (Å²) in [7, 11) is 0. The lowest BCUT2D eigenvalue weighted by Crippen LogP contribution is -2.05. The van der Waals surface area contributed by atoms with E-state index in [1.807, 2.05) is 12.1 Å². The molecule has 0 aromatic heterocycles. The summed E-state index contributed by atoms with van der Waals surface area (Å²) < 4.78 is 13.3. The van der Waals surface area contributed by atoms with Gasteiger partial charge in [-0.1, -0.05) is 36.4 Å². The van der Waals surface area contributed by atoms with E-state index < -0.39 is 0 Å². The zero-order valence-corrected chi connectivity index (χ0v) is 10.9. The van der Waals surface area contributed by atoms with Crippen LogP contribution in [-0.2, 0) is 6.42 Å². The molecule has 4 rings (SSSR count). The molecule has 3 aromatic rings. The molecule has 0 radical (unpaired) electrons. The molecule has 1 unspecified atom stereocenters. The van der Waals surface area contributed by atoms with Crippen LogP contribution < -0.4 is 5.32 Å². The van der Waals surface area contributed by atoms with Crippen LogP contribution in [0, 0.1) is 5.82 Å². The second-order valence-corrected chi connectivity index (χ2v) is 5.31. The van der Waals surface area contributed by atoms with E-state index >= 15 is 0 Å². The molecule has 0 bridgehead atoms. The van der Waals surface area contributed by atoms with Gasteiger partial charge in [0.1, 0.15) is 5.82 Å². The van der Waals surface area contributed by atoms with Gasteiger partial charge < -0.3 is 5.32 Å². The topological polar surface area (TPSA) is 12.0 Å². The van der Waals surface area contributed by atoms with Gasteiger partial charge in [0.25, 0.3) is 0 Å². The van der Waals surface area contributed by atoms with E-state index in [9.17, 15) is 4.39 Å². The van der Waals surface area contributed by atoms with Crippen LogP contribution >= 0.6 is 0 Å². The van der Waals surface area contributed by atoms with Gasteiger partial charge in [0.2, 0.25) is 0 Å². The Morgan fingerprint density at radius 3 is 2.50 bits per heavy atom. The maximum atomic E-state index is 13.3. The summed E-state index contributed by atoms with van der Waals surface area (Å²) in [6, 6.07) is 19.8. The normalized spacial score (nSPS) is 16.9. The monoisotopic (exact) mass is 263 g/mol. The lowest BCUT2D eigenvalue weighted by Gasteiger charge is -2.11. The first-order valence-corrected chi connectivity index (χ1v) is 6.83. The number of nitrogens with one attached hydrogen (secondary N) is 1. The van der Waals surface area contributed by atoms with Crippen LogP contribution in [0.5, 0.6) is 0 Å². The maximum Gasteiger partial charge on any atom is 0.123 e. The molecule has 1 aliphatic heterocycles. The van der Waals surface area contributed by atoms with Gasteiger partial charge in [-0.2, -0.15) is 0 Å². The Labute approximate surface area is 117 Å². The number of benzene rings is 3. The molecule has 0 saturated heterocycles. The first-order valence-electron chi connectivity index (χ1n) is 6.83. The third-order valence-electron chi connectivity index (χ3n) is 3.98. The molecule has 0 saturated carbocycles. The SMILES string of the molecule is Fc1cccc(C2Cc3cc4ccccc4cc3N2)c1. The minimum Gasteiger partial charge on any atom is -0.378 e. The maximum absolute atomic E-state index is 13.3. The summed E-state index contributed by atoms with van der Waals surface area (Å²) in [5.41, 5.74) is 3.47. The zero-order valence-electron chi connectivity index (χ0n) is 10.9. The highest BCUT2D eigenvalue weighted by atomic mass is 19.1. The molecule has 98 valence electrons. The standard InChI is InChI=1S/C18H14FN/c19-16-7-3-6-14(9-16)17-11-15-8-12-4-1-2-5-13(12)10-18(15)20-17/h1-10,17,20H,11H2. The van der Waals surface area contributed by atoms with Crippen LogP contribution in [-0.4, -0.2) is 0 Å². The minimum atomic E-state index is -0.176. The van der Waals surface area contributed by atoms with E-state index in [2.05, 4.69) is 35.6 Å². The third kappa shape index (κ3) is 1.85. The van der Waals surface area contributed by atoms with Crippen molar-refractivity contribution in [3.8, 4) is 0 Å². The van der Waals surface area contributed by atoms with Crippen molar-refractivity contribution >= 4 is 16.5 Å². The van der Waals surface area contributed by atoms with Crippen molar-refractivity contribution in [3.63, 3.8) is 0 Å². The lowest BCUT2D eigenvalue weighted by molar-refractivity contribution is 0.623. The van der Waals surface area contributed by atoms with Crippen LogP contribution in [0.15, 0.2) is 60.7 Å². The van der Waals surface area contributed by atoms with Gasteiger partial charge in [-0.05, 0) is 52.6 Å². The van der Waals surface area contributed by atoms with Gasteiger partial charge in [-0.25, -0.2) is 4.39 Å². The molecule has 0 amide bonds. The van der Waals surface area contributed by atoms with Crippen molar-refractivity contribution in [1.29, 1.82) is 0 Å². The van der Waals surface area contributed by atoms with Crippen LogP contribution in [0.1, 0.15) is 17.2 Å². The molecule has 0 aliphatic carbocycles. The third-order valence-corrected chi connectivity index (χ3v) is 3.98. The molecule has 0 spiro atoms. The van der Waals surface area contributed by atoms with Crippen molar-refractivity contribution < 1.29 is 4.39 Å². The first-order chi connectivity index (χ1) is 9.79. The van der Waals surface area contributed by atoms with E-state index in [0.717, 1.165) is 17.7 Å². The van der Waals surface area contributed by atoms with E-state index in [-0.39, 0.29) is 11.9 Å². The summed E-state index contributed by atoms with van der Waals surface area (Å²) >= 11 is 0. The average Bonchev–Trinajstić information content (AvgIpc) is 2.87. The molecular formula is C18H14FN. The number of hydrogen-bond donors (Lipinski definition) is 1. The number of anilines is 1. The van der Waals surface area contributed by atoms with Crippen LogP contribution in [0.3, 0.4) is 0 Å². The van der Waals surface area contributed by atoms with Crippen molar-refractivity contribution in [1.82, 2.24) is 0 Å². The number of halogens is 1. The molecule has 3 aromatic carbocycles. The first kappa shape index (κ1) is 11.5. The van der Waals surface area contributed by atoms with Crippen molar-refractivity contribution in [2.75, 3.05) is 5.32 Å². The number of rotatable bonds is 1. The molecule has 20 heavy (non-hydrogen) atoms. The Morgan fingerprint density at radius 1 is 0.900 bits per heavy atom.